The first kappa shape index (κ1) is 10.2. The fourth-order valence-electron chi connectivity index (χ4n) is 1.77. The third-order valence-electron chi connectivity index (χ3n) is 2.68. The Bertz CT molecular complexity index is 331. The lowest BCUT2D eigenvalue weighted by Crippen LogP contribution is -2.35. The molecule has 0 N–H and O–H groups in total. The van der Waals surface area contributed by atoms with Crippen molar-refractivity contribution in [3.8, 4) is 0 Å². The predicted molar refractivity (Wildman–Crippen MR) is 58.8 cm³/mol. The van der Waals surface area contributed by atoms with Crippen LogP contribution >= 0.6 is 0 Å². The molecule has 1 amide bonds. The molecule has 1 aliphatic heterocycles. The van der Waals surface area contributed by atoms with Crippen LogP contribution in [-0.2, 0) is 9.53 Å². The third-order valence-corrected chi connectivity index (χ3v) is 2.68. The van der Waals surface area contributed by atoms with E-state index in [9.17, 15) is 4.79 Å². The van der Waals surface area contributed by atoms with Crippen molar-refractivity contribution >= 4 is 11.6 Å². The molecule has 1 fully saturated rings. The maximum absolute atomic E-state index is 11.9. The second-order valence-electron chi connectivity index (χ2n) is 3.73. The molecule has 1 aromatic rings. The summed E-state index contributed by atoms with van der Waals surface area (Å²) in [6, 6.07) is 9.64. The van der Waals surface area contributed by atoms with Gasteiger partial charge in [-0.15, -0.1) is 0 Å². The topological polar surface area (TPSA) is 29.5 Å². The summed E-state index contributed by atoms with van der Waals surface area (Å²) in [6.45, 7) is 0.707. The molecule has 3 heteroatoms. The van der Waals surface area contributed by atoms with Crippen LogP contribution in [0.25, 0.3) is 0 Å². The molecule has 1 aromatic carbocycles. The van der Waals surface area contributed by atoms with E-state index in [4.69, 9.17) is 4.74 Å². The Hall–Kier alpha value is -1.35. The van der Waals surface area contributed by atoms with Gasteiger partial charge in [0, 0.05) is 19.3 Å². The van der Waals surface area contributed by atoms with Gasteiger partial charge in [0.1, 0.15) is 6.10 Å². The van der Waals surface area contributed by atoms with Crippen LogP contribution < -0.4 is 4.90 Å². The molecule has 0 spiro atoms. The molecule has 2 rings (SSSR count). The number of carbonyl (C=O) groups excluding carboxylic acids is 1. The Morgan fingerprint density at radius 3 is 2.73 bits per heavy atom. The smallest absolute Gasteiger partial charge is 0.255 e. The van der Waals surface area contributed by atoms with Gasteiger partial charge in [0.25, 0.3) is 5.91 Å². The van der Waals surface area contributed by atoms with Gasteiger partial charge in [-0.05, 0) is 25.0 Å². The van der Waals surface area contributed by atoms with Crippen molar-refractivity contribution in [3.63, 3.8) is 0 Å². The quantitative estimate of drug-likeness (QED) is 0.737. The molecule has 1 aliphatic rings. The van der Waals surface area contributed by atoms with E-state index in [0.717, 1.165) is 18.5 Å². The van der Waals surface area contributed by atoms with Gasteiger partial charge < -0.3 is 9.64 Å². The fourth-order valence-corrected chi connectivity index (χ4v) is 1.77. The summed E-state index contributed by atoms with van der Waals surface area (Å²) in [5.74, 6) is 0.0544. The second-order valence-corrected chi connectivity index (χ2v) is 3.73. The number of amides is 1. The molecular formula is C12H15NO2. The minimum Gasteiger partial charge on any atom is -0.368 e. The van der Waals surface area contributed by atoms with Crippen molar-refractivity contribution in [3.05, 3.63) is 30.3 Å². The highest BCUT2D eigenvalue weighted by molar-refractivity contribution is 5.96. The van der Waals surface area contributed by atoms with Gasteiger partial charge in [0.15, 0.2) is 0 Å². The first-order chi connectivity index (χ1) is 7.29. The van der Waals surface area contributed by atoms with Gasteiger partial charge in [-0.2, -0.15) is 0 Å². The zero-order chi connectivity index (χ0) is 10.7. The van der Waals surface area contributed by atoms with Crippen LogP contribution in [0.4, 0.5) is 5.69 Å². The van der Waals surface area contributed by atoms with E-state index < -0.39 is 0 Å². The van der Waals surface area contributed by atoms with Gasteiger partial charge in [0.2, 0.25) is 0 Å². The number of nitrogens with zero attached hydrogens (tertiary/aromatic N) is 1. The number of anilines is 1. The normalized spacial score (nSPS) is 20.2. The van der Waals surface area contributed by atoms with Gasteiger partial charge in [-0.25, -0.2) is 0 Å². The predicted octanol–water partition coefficient (Wildman–Crippen LogP) is 1.83. The molecule has 0 aromatic heterocycles. The van der Waals surface area contributed by atoms with Gasteiger partial charge in [-0.1, -0.05) is 18.2 Å². The molecule has 3 nitrogen and oxygen atoms in total. The van der Waals surface area contributed by atoms with Crippen molar-refractivity contribution in [2.75, 3.05) is 18.6 Å². The Labute approximate surface area is 89.7 Å². The Morgan fingerprint density at radius 1 is 1.40 bits per heavy atom. The summed E-state index contributed by atoms with van der Waals surface area (Å²) in [7, 11) is 1.79. The van der Waals surface area contributed by atoms with E-state index in [1.54, 1.807) is 11.9 Å². The number of para-hydroxylation sites is 1. The summed E-state index contributed by atoms with van der Waals surface area (Å²) >= 11 is 0. The fraction of sp³-hybridized carbons (Fsp3) is 0.417. The van der Waals surface area contributed by atoms with Crippen LogP contribution in [0.15, 0.2) is 30.3 Å². The lowest BCUT2D eigenvalue weighted by atomic mass is 10.2. The number of hydrogen-bond acceptors (Lipinski definition) is 2. The molecule has 0 unspecified atom stereocenters. The zero-order valence-electron chi connectivity index (χ0n) is 8.85. The molecule has 1 atom stereocenters. The number of likely N-dealkylation sites (N-methyl/N-ethyl adjacent to an activating group) is 1. The van der Waals surface area contributed by atoms with E-state index in [1.807, 2.05) is 30.3 Å². The Kier molecular flexibility index (Phi) is 3.02. The van der Waals surface area contributed by atoms with Gasteiger partial charge in [-0.3, -0.25) is 4.79 Å². The summed E-state index contributed by atoms with van der Waals surface area (Å²) < 4.78 is 5.37. The van der Waals surface area contributed by atoms with Gasteiger partial charge in [0.05, 0.1) is 0 Å². The van der Waals surface area contributed by atoms with Crippen LogP contribution in [0.1, 0.15) is 12.8 Å². The van der Waals surface area contributed by atoms with Crippen molar-refractivity contribution < 1.29 is 9.53 Å². The highest BCUT2D eigenvalue weighted by Crippen LogP contribution is 2.18. The maximum Gasteiger partial charge on any atom is 0.255 e. The largest absolute Gasteiger partial charge is 0.368 e. The number of benzene rings is 1. The average Bonchev–Trinajstić information content (AvgIpc) is 2.82. The second kappa shape index (κ2) is 4.45. The van der Waals surface area contributed by atoms with Crippen LogP contribution in [0.5, 0.6) is 0 Å². The number of rotatable bonds is 2. The molecular weight excluding hydrogens is 190 g/mol. The highest BCUT2D eigenvalue weighted by Gasteiger charge is 2.26. The first-order valence-corrected chi connectivity index (χ1v) is 5.23. The van der Waals surface area contributed by atoms with Crippen molar-refractivity contribution in [1.29, 1.82) is 0 Å². The Morgan fingerprint density at radius 2 is 2.13 bits per heavy atom. The van der Waals surface area contributed by atoms with Crippen LogP contribution in [0.2, 0.25) is 0 Å². The van der Waals surface area contributed by atoms with Crippen molar-refractivity contribution in [2.45, 2.75) is 18.9 Å². The van der Waals surface area contributed by atoms with Crippen LogP contribution in [0, 0.1) is 0 Å². The highest BCUT2D eigenvalue weighted by atomic mass is 16.5. The van der Waals surface area contributed by atoms with Crippen molar-refractivity contribution in [2.24, 2.45) is 0 Å². The SMILES string of the molecule is CN(C(=O)[C@@H]1CCCO1)c1ccccc1. The van der Waals surface area contributed by atoms with E-state index in [1.165, 1.54) is 0 Å². The molecule has 1 saturated heterocycles. The summed E-state index contributed by atoms with van der Waals surface area (Å²) in [5, 5.41) is 0. The monoisotopic (exact) mass is 205 g/mol. The first-order valence-electron chi connectivity index (χ1n) is 5.23. The summed E-state index contributed by atoms with van der Waals surface area (Å²) in [5.41, 5.74) is 0.915. The number of carbonyl (C=O) groups is 1. The zero-order valence-corrected chi connectivity index (χ0v) is 8.85. The molecule has 80 valence electrons. The minimum atomic E-state index is -0.241. The van der Waals surface area contributed by atoms with Crippen LogP contribution in [0.3, 0.4) is 0 Å². The minimum absolute atomic E-state index is 0.0544. The van der Waals surface area contributed by atoms with E-state index in [2.05, 4.69) is 0 Å². The van der Waals surface area contributed by atoms with E-state index >= 15 is 0 Å². The molecule has 0 radical (unpaired) electrons. The van der Waals surface area contributed by atoms with Crippen molar-refractivity contribution in [1.82, 2.24) is 0 Å². The van der Waals surface area contributed by atoms with Crippen LogP contribution in [-0.4, -0.2) is 25.7 Å². The molecule has 0 aliphatic carbocycles. The standard InChI is InChI=1S/C12H15NO2/c1-13(10-6-3-2-4-7-10)12(14)11-8-5-9-15-11/h2-4,6-7,11H,5,8-9H2,1H3/t11-/m0/s1. The molecule has 15 heavy (non-hydrogen) atoms. The molecule has 1 heterocycles. The Balaban J connectivity index is 2.07. The molecule has 0 bridgehead atoms. The summed E-state index contributed by atoms with van der Waals surface area (Å²) in [6.07, 6.45) is 1.59. The number of hydrogen-bond donors (Lipinski definition) is 0. The lowest BCUT2D eigenvalue weighted by Gasteiger charge is -2.20. The van der Waals surface area contributed by atoms with E-state index in [0.29, 0.717) is 6.61 Å². The molecule has 0 saturated carbocycles. The average molecular weight is 205 g/mol. The van der Waals surface area contributed by atoms with E-state index in [-0.39, 0.29) is 12.0 Å². The maximum atomic E-state index is 11.9. The lowest BCUT2D eigenvalue weighted by molar-refractivity contribution is -0.127. The third kappa shape index (κ3) is 2.18. The summed E-state index contributed by atoms with van der Waals surface area (Å²) in [4.78, 5) is 13.6. The number of ether oxygens (including phenoxy) is 1. The van der Waals surface area contributed by atoms with Gasteiger partial charge >= 0.3 is 0 Å².